The summed E-state index contributed by atoms with van der Waals surface area (Å²) in [7, 11) is 0. The lowest BCUT2D eigenvalue weighted by atomic mass is 10.1. The Kier molecular flexibility index (Phi) is 4.27. The Labute approximate surface area is 159 Å². The van der Waals surface area contributed by atoms with Gasteiger partial charge < -0.3 is 20.7 Å². The lowest BCUT2D eigenvalue weighted by Crippen LogP contribution is -2.34. The average molecular weight is 383 g/mol. The minimum Gasteiger partial charge on any atom is -0.479 e. The number of ether oxygens (including phenoxy) is 1. The van der Waals surface area contributed by atoms with Crippen LogP contribution in [0.4, 0.5) is 17.1 Å². The maximum atomic E-state index is 12.6. The van der Waals surface area contributed by atoms with Crippen LogP contribution in [0.15, 0.2) is 41.3 Å². The van der Waals surface area contributed by atoms with Crippen molar-refractivity contribution in [3.63, 3.8) is 0 Å². The number of benzene rings is 2. The van der Waals surface area contributed by atoms with E-state index in [0.717, 1.165) is 4.90 Å². The quantitative estimate of drug-likeness (QED) is 0.741. The van der Waals surface area contributed by atoms with Crippen molar-refractivity contribution in [2.45, 2.75) is 30.1 Å². The largest absolute Gasteiger partial charge is 0.479 e. The van der Waals surface area contributed by atoms with Gasteiger partial charge in [0.05, 0.1) is 16.6 Å². The van der Waals surface area contributed by atoms with Crippen LogP contribution in [0.5, 0.6) is 5.75 Å². The highest BCUT2D eigenvalue weighted by atomic mass is 32.2. The van der Waals surface area contributed by atoms with Crippen LogP contribution in [-0.4, -0.2) is 29.1 Å². The van der Waals surface area contributed by atoms with Crippen LogP contribution < -0.4 is 20.7 Å². The number of thioether (sulfide) groups is 1. The van der Waals surface area contributed by atoms with E-state index in [1.165, 1.54) is 11.8 Å². The van der Waals surface area contributed by atoms with Crippen LogP contribution in [0.25, 0.3) is 0 Å². The maximum absolute atomic E-state index is 12.6. The molecule has 0 spiro atoms. The average Bonchev–Trinajstić information content (AvgIpc) is 2.63. The molecule has 8 heteroatoms. The number of rotatable bonds is 2. The minimum absolute atomic E-state index is 0.0790. The van der Waals surface area contributed by atoms with Gasteiger partial charge in [-0.05, 0) is 50.2 Å². The second-order valence-corrected chi connectivity index (χ2v) is 7.76. The summed E-state index contributed by atoms with van der Waals surface area (Å²) in [6.07, 6.45) is -0.552. The zero-order chi connectivity index (χ0) is 19.1. The molecule has 7 nitrogen and oxygen atoms in total. The molecule has 2 heterocycles. The van der Waals surface area contributed by atoms with Gasteiger partial charge in [-0.2, -0.15) is 0 Å². The standard InChI is InChI=1S/C19H17N3O4S/c1-9-17(23)21-13-8-12(4-5-15(13)26-9)20-19(25)11-3-6-16-14(7-11)22-18(24)10(2)27-16/h3-10H,1-2H3,(H,20,25)(H,21,23)(H,22,24). The molecule has 2 aliphatic heterocycles. The number of nitrogens with one attached hydrogen (secondary N) is 3. The molecule has 27 heavy (non-hydrogen) atoms. The summed E-state index contributed by atoms with van der Waals surface area (Å²) in [6, 6.07) is 10.3. The van der Waals surface area contributed by atoms with E-state index in [0.29, 0.717) is 28.4 Å². The number of fused-ring (bicyclic) bond motifs is 2. The van der Waals surface area contributed by atoms with Gasteiger partial charge in [0.2, 0.25) is 5.91 Å². The molecule has 4 rings (SSSR count). The number of carbonyl (C=O) groups is 3. The van der Waals surface area contributed by atoms with E-state index in [1.807, 2.05) is 13.0 Å². The zero-order valence-electron chi connectivity index (χ0n) is 14.7. The summed E-state index contributed by atoms with van der Waals surface area (Å²) < 4.78 is 5.50. The normalized spacial score (nSPS) is 20.5. The molecule has 0 bridgehead atoms. The van der Waals surface area contributed by atoms with Gasteiger partial charge in [-0.25, -0.2) is 0 Å². The Morgan fingerprint density at radius 1 is 1.04 bits per heavy atom. The number of anilines is 3. The van der Waals surface area contributed by atoms with Crippen molar-refractivity contribution >= 4 is 46.5 Å². The predicted octanol–water partition coefficient (Wildman–Crippen LogP) is 3.09. The fourth-order valence-electron chi connectivity index (χ4n) is 2.84. The van der Waals surface area contributed by atoms with Crippen LogP contribution in [-0.2, 0) is 9.59 Å². The van der Waals surface area contributed by atoms with Gasteiger partial charge in [0.25, 0.3) is 11.8 Å². The van der Waals surface area contributed by atoms with Gasteiger partial charge in [-0.3, -0.25) is 14.4 Å². The van der Waals surface area contributed by atoms with Crippen molar-refractivity contribution < 1.29 is 19.1 Å². The Hall–Kier alpha value is -3.00. The van der Waals surface area contributed by atoms with Crippen LogP contribution >= 0.6 is 11.8 Å². The van der Waals surface area contributed by atoms with Gasteiger partial charge in [0, 0.05) is 16.1 Å². The maximum Gasteiger partial charge on any atom is 0.265 e. The Morgan fingerprint density at radius 3 is 2.63 bits per heavy atom. The molecule has 2 aromatic carbocycles. The molecule has 0 radical (unpaired) electrons. The lowest BCUT2D eigenvalue weighted by molar-refractivity contribution is -0.122. The van der Waals surface area contributed by atoms with Crippen molar-refractivity contribution in [3.8, 4) is 5.75 Å². The topological polar surface area (TPSA) is 96.5 Å². The third-order valence-corrected chi connectivity index (χ3v) is 5.52. The first kappa shape index (κ1) is 17.4. The molecule has 2 atom stereocenters. The van der Waals surface area contributed by atoms with Crippen molar-refractivity contribution in [1.82, 2.24) is 0 Å². The minimum atomic E-state index is -0.552. The molecule has 2 aromatic rings. The molecule has 3 amide bonds. The number of amides is 3. The first-order chi connectivity index (χ1) is 12.9. The number of hydrogen-bond donors (Lipinski definition) is 3. The molecule has 0 fully saturated rings. The van der Waals surface area contributed by atoms with Crippen molar-refractivity contribution in [3.05, 3.63) is 42.0 Å². The van der Waals surface area contributed by atoms with E-state index in [9.17, 15) is 14.4 Å². The van der Waals surface area contributed by atoms with E-state index in [4.69, 9.17) is 4.74 Å². The third kappa shape index (κ3) is 3.35. The first-order valence-corrected chi connectivity index (χ1v) is 9.33. The summed E-state index contributed by atoms with van der Waals surface area (Å²) in [6.45, 7) is 3.50. The summed E-state index contributed by atoms with van der Waals surface area (Å²) >= 11 is 1.46. The molecular formula is C19H17N3O4S. The lowest BCUT2D eigenvalue weighted by Gasteiger charge is -2.24. The van der Waals surface area contributed by atoms with E-state index in [-0.39, 0.29) is 23.0 Å². The van der Waals surface area contributed by atoms with Gasteiger partial charge in [-0.1, -0.05) is 0 Å². The predicted molar refractivity (Wildman–Crippen MR) is 104 cm³/mol. The number of hydrogen-bond acceptors (Lipinski definition) is 5. The van der Waals surface area contributed by atoms with Crippen LogP contribution in [0.3, 0.4) is 0 Å². The van der Waals surface area contributed by atoms with Gasteiger partial charge in [0.1, 0.15) is 5.75 Å². The smallest absolute Gasteiger partial charge is 0.265 e. The van der Waals surface area contributed by atoms with Crippen LogP contribution in [0.1, 0.15) is 24.2 Å². The van der Waals surface area contributed by atoms with E-state index < -0.39 is 6.10 Å². The summed E-state index contributed by atoms with van der Waals surface area (Å²) in [5.41, 5.74) is 2.10. The fraction of sp³-hybridized carbons (Fsp3) is 0.211. The van der Waals surface area contributed by atoms with Gasteiger partial charge >= 0.3 is 0 Å². The van der Waals surface area contributed by atoms with E-state index >= 15 is 0 Å². The van der Waals surface area contributed by atoms with Crippen molar-refractivity contribution in [2.75, 3.05) is 16.0 Å². The van der Waals surface area contributed by atoms with E-state index in [2.05, 4.69) is 16.0 Å². The second-order valence-electron chi connectivity index (χ2n) is 6.37. The molecule has 2 aliphatic rings. The van der Waals surface area contributed by atoms with Gasteiger partial charge in [-0.15, -0.1) is 11.8 Å². The highest BCUT2D eigenvalue weighted by molar-refractivity contribution is 8.00. The molecule has 3 N–H and O–H groups in total. The molecule has 2 unspecified atom stereocenters. The Morgan fingerprint density at radius 2 is 1.81 bits per heavy atom. The summed E-state index contributed by atoms with van der Waals surface area (Å²) in [4.78, 5) is 37.1. The van der Waals surface area contributed by atoms with Crippen molar-refractivity contribution in [2.24, 2.45) is 0 Å². The third-order valence-electron chi connectivity index (χ3n) is 4.34. The summed E-state index contributed by atoms with van der Waals surface area (Å²) in [5, 5.41) is 8.20. The van der Waals surface area contributed by atoms with E-state index in [1.54, 1.807) is 37.3 Å². The van der Waals surface area contributed by atoms with Crippen LogP contribution in [0.2, 0.25) is 0 Å². The fourth-order valence-corrected chi connectivity index (χ4v) is 3.77. The second kappa shape index (κ2) is 6.62. The number of carbonyl (C=O) groups excluding carboxylic acids is 3. The highest BCUT2D eigenvalue weighted by Gasteiger charge is 2.25. The Bertz CT molecular complexity index is 975. The molecule has 0 saturated carbocycles. The monoisotopic (exact) mass is 383 g/mol. The highest BCUT2D eigenvalue weighted by Crippen LogP contribution is 2.36. The molecule has 0 aromatic heterocycles. The Balaban J connectivity index is 1.53. The van der Waals surface area contributed by atoms with Crippen molar-refractivity contribution in [1.29, 1.82) is 0 Å². The van der Waals surface area contributed by atoms with Gasteiger partial charge in [0.15, 0.2) is 6.10 Å². The molecule has 138 valence electrons. The molecular weight excluding hydrogens is 366 g/mol. The zero-order valence-corrected chi connectivity index (χ0v) is 15.5. The molecule has 0 saturated heterocycles. The summed E-state index contributed by atoms with van der Waals surface area (Å²) in [5.74, 6) is -0.0670. The molecule has 0 aliphatic carbocycles. The SMILES string of the molecule is CC1Oc2ccc(NC(=O)c3ccc4c(c3)NC(=O)C(C)S4)cc2NC1=O. The first-order valence-electron chi connectivity index (χ1n) is 8.45. The van der Waals surface area contributed by atoms with Crippen LogP contribution in [0, 0.1) is 0 Å².